The molecule has 11 aromatic carbocycles. The number of aliphatic hydroxyl groups excluding tert-OH is 1. The molecule has 0 spiro atoms. The molecule has 4 aliphatic rings. The molecule has 0 radical (unpaired) electrons. The minimum absolute atomic E-state index is 0. The number of ether oxygens (including phenoxy) is 4. The van der Waals surface area contributed by atoms with Crippen LogP contribution in [0.15, 0.2) is 219 Å². The lowest BCUT2D eigenvalue weighted by molar-refractivity contribution is -0.154. The quantitative estimate of drug-likeness (QED) is 0.0313. The number of carboxylic acids is 1. The summed E-state index contributed by atoms with van der Waals surface area (Å²) in [5.41, 5.74) is 15.9. The molecule has 16 nitrogen and oxygen atoms in total. The van der Waals surface area contributed by atoms with Gasteiger partial charge in [-0.05, 0) is 261 Å². The highest BCUT2D eigenvalue weighted by molar-refractivity contribution is 7.95. The van der Waals surface area contributed by atoms with E-state index in [0.717, 1.165) is 78.3 Å². The molecule has 15 rings (SSSR count). The van der Waals surface area contributed by atoms with Crippen LogP contribution in [0.5, 0.6) is 23.0 Å². The predicted molar refractivity (Wildman–Crippen MR) is 544 cm³/mol. The van der Waals surface area contributed by atoms with E-state index in [-0.39, 0.29) is 98.3 Å². The van der Waals surface area contributed by atoms with Gasteiger partial charge in [0.25, 0.3) is 0 Å². The number of alkyl halides is 12. The van der Waals surface area contributed by atoms with Crippen molar-refractivity contribution in [2.75, 3.05) is 85.5 Å². The van der Waals surface area contributed by atoms with Gasteiger partial charge in [0.2, 0.25) is 23.6 Å². The molecule has 0 saturated carbocycles. The Morgan fingerprint density at radius 2 is 0.625 bits per heavy atom. The average Bonchev–Trinajstić information content (AvgIpc) is 0.691. The van der Waals surface area contributed by atoms with E-state index in [9.17, 15) is 86.6 Å². The summed E-state index contributed by atoms with van der Waals surface area (Å²) in [6.07, 6.45) is -14.0. The first-order chi connectivity index (χ1) is 67.0. The van der Waals surface area contributed by atoms with Crippen molar-refractivity contribution in [3.05, 3.63) is 286 Å². The summed E-state index contributed by atoms with van der Waals surface area (Å²) < 4.78 is 174. The molecule has 4 heterocycles. The number of anilines is 4. The second kappa shape index (κ2) is 46.2. The van der Waals surface area contributed by atoms with E-state index in [1.165, 1.54) is 58.4 Å². The number of nitrogens with zero attached hydrogens (tertiary/aromatic N) is 4. The topological polar surface area (TPSA) is 193 Å². The third kappa shape index (κ3) is 27.1. The maximum absolute atomic E-state index is 12.8. The Hall–Kier alpha value is -12.6. The molecule has 0 aliphatic carbocycles. The first-order valence-electron chi connectivity index (χ1n) is 47.1. The van der Waals surface area contributed by atoms with Crippen molar-refractivity contribution in [3.8, 4) is 67.5 Å². The fourth-order valence-electron chi connectivity index (χ4n) is 18.8. The molecule has 4 aliphatic heterocycles. The van der Waals surface area contributed by atoms with Gasteiger partial charge in [0.05, 0.1) is 13.1 Å². The van der Waals surface area contributed by atoms with Crippen molar-refractivity contribution >= 4 is 87.9 Å². The maximum Gasteiger partial charge on any atom is 0.422 e. The number of carbonyl (C=O) groups excluding carboxylic acids is 5. The van der Waals surface area contributed by atoms with Crippen LogP contribution in [0, 0.1) is 27.7 Å². The van der Waals surface area contributed by atoms with E-state index in [2.05, 4.69) is 104 Å². The molecule has 2 N–H and O–H groups in total. The zero-order valence-electron chi connectivity index (χ0n) is 83.8. The van der Waals surface area contributed by atoms with Crippen molar-refractivity contribution in [2.24, 2.45) is 0 Å². The molecule has 0 unspecified atom stereocenters. The Bertz CT molecular complexity index is 6240. The van der Waals surface area contributed by atoms with Gasteiger partial charge >= 0.3 is 30.7 Å². The number of rotatable bonds is 25. The van der Waals surface area contributed by atoms with E-state index >= 15 is 0 Å². The molecule has 0 atom stereocenters. The lowest BCUT2D eigenvalue weighted by Crippen LogP contribution is -3.00. The smallest absolute Gasteiger partial charge is 0.422 e. The summed E-state index contributed by atoms with van der Waals surface area (Å²) in [5, 5.41) is 22.7. The number of carboxylic acid groups (broad SMARTS) is 1. The summed E-state index contributed by atoms with van der Waals surface area (Å²) in [6.45, 7) is 33.6. The Kier molecular flexibility index (Phi) is 36.4. The third-order valence-electron chi connectivity index (χ3n) is 26.1. The van der Waals surface area contributed by atoms with Gasteiger partial charge in [-0.2, -0.15) is 52.7 Å². The number of hydrogen-bond donors (Lipinski definition) is 2. The SMILES string of the molecule is C=Cc1ccc(OCC(F)(F)F)c(-c2cc3c(cc2C)C(C)(C)CC(=O)N3CC)c1.CCN1C(=O)CC(C)(C)c2cc(C)c(-c3cc(C=O)ccc3OCC(F)(F)F)cc21.CCN1C(=O)CC(C)(C)c2cc(C)c(-c3cc(CC(=O)O)ccc3OCC(F)(F)F)cc21.CCN1C(=O)CC(C)(C)c2cc(C)c(-c3cc(CCO)ccc3OCC(F)(F)F)cc21.C[P+](c1ccccc1)(c1ccccc1)c1ccccc1.[Br-]. The molecular weight excluding hydrogens is 1960 g/mol. The fraction of sp³-hybridized carbons (Fsp3) is 0.351. The van der Waals surface area contributed by atoms with Crippen molar-refractivity contribution in [1.82, 2.24) is 0 Å². The molecule has 766 valence electrons. The molecule has 144 heavy (non-hydrogen) atoms. The number of aldehydes is 1. The van der Waals surface area contributed by atoms with Crippen LogP contribution in [0.2, 0.25) is 0 Å². The first kappa shape index (κ1) is 113. The van der Waals surface area contributed by atoms with Gasteiger partial charge in [-0.25, -0.2) is 0 Å². The summed E-state index contributed by atoms with van der Waals surface area (Å²) in [4.78, 5) is 80.0. The van der Waals surface area contributed by atoms with Gasteiger partial charge in [0.15, 0.2) is 26.4 Å². The predicted octanol–water partition coefficient (Wildman–Crippen LogP) is 22.8. The number of aliphatic hydroxyl groups is 1. The number of benzene rings is 11. The number of fused-ring (bicyclic) bond motifs is 4. The zero-order valence-corrected chi connectivity index (χ0v) is 86.3. The van der Waals surface area contributed by atoms with E-state index in [1.807, 2.05) is 153 Å². The maximum atomic E-state index is 12.8. The Balaban J connectivity index is 0.000000186. The standard InChI is InChI=1S/C24H26F3NO4.C24H28F3NO3.C24H26F3NO2.C23H24F3NO3.C19H18P.BrH/c1-5-28-19-11-16(14(2)8-18(19)23(3,4)12-21(28)29)17-9-15(10-22(30)31)6-7-20(17)32-13-24(25,26)27;1-5-28-20-12-17(15(2)10-19(20)23(3,4)13-22(28)30)18-11-16(8-9-29)6-7-21(18)31-14-24(25,26)27;1-6-16-8-9-21(30-14-24(25,26)27)18(11-16)17-12-20-19(10-15(17)3)23(4,5)13-22(29)28(20)7-2;1-5-27-19-10-16(14(2)8-18(19)22(3,4)11-21(27)29)17-9-15(12-28)6-7-20(17)30-13-23(24,25)26;1-20(17-11-5-2-6-12-17,18-13-7-3-8-14-18)19-15-9-4-10-16-19;/h6-9,11H,5,10,12-13H2,1-4H3,(H,30,31);6-7,10-12,29H,5,8-9,13-14H2,1-4H3;6,8-12H,1,7,13-14H2,2-5H3;6-10,12H,5,11,13H2,1-4H3;2-16H,1H3;1H/q;;;;+1;/p-1. The minimum Gasteiger partial charge on any atom is -1.00 e. The summed E-state index contributed by atoms with van der Waals surface area (Å²) in [6, 6.07) is 66.6. The molecule has 0 fully saturated rings. The normalized spacial score (nSPS) is 14.9. The van der Waals surface area contributed by atoms with E-state index in [1.54, 1.807) is 62.1 Å². The van der Waals surface area contributed by atoms with Gasteiger partial charge < -0.3 is 65.7 Å². The number of carbonyl (C=O) groups is 6. The van der Waals surface area contributed by atoms with Crippen LogP contribution in [0.1, 0.15) is 180 Å². The highest BCUT2D eigenvalue weighted by Gasteiger charge is 2.45. The van der Waals surface area contributed by atoms with Crippen LogP contribution >= 0.6 is 7.26 Å². The van der Waals surface area contributed by atoms with Gasteiger partial charge in [-0.1, -0.05) is 165 Å². The third-order valence-corrected chi connectivity index (χ3v) is 30.1. The Morgan fingerprint density at radius 3 is 0.875 bits per heavy atom. The van der Waals surface area contributed by atoms with Crippen LogP contribution in [0.4, 0.5) is 75.4 Å². The van der Waals surface area contributed by atoms with Crippen LogP contribution in [-0.4, -0.2) is 137 Å². The van der Waals surface area contributed by atoms with Crippen LogP contribution < -0.4 is 71.4 Å². The lowest BCUT2D eigenvalue weighted by Gasteiger charge is -2.39. The van der Waals surface area contributed by atoms with Crippen molar-refractivity contribution in [3.63, 3.8) is 0 Å². The highest BCUT2D eigenvalue weighted by atomic mass is 79.9. The molecule has 30 heteroatoms. The second-order valence-electron chi connectivity index (χ2n) is 38.7. The average molecular weight is 2080 g/mol. The molecule has 11 aromatic rings. The second-order valence-corrected chi connectivity index (χ2v) is 42.3. The van der Waals surface area contributed by atoms with E-state index < -0.39 is 64.4 Å². The zero-order chi connectivity index (χ0) is 105. The fourth-order valence-corrected chi connectivity index (χ4v) is 22.0. The van der Waals surface area contributed by atoms with Gasteiger partial charge in [-0.3, -0.25) is 28.8 Å². The van der Waals surface area contributed by atoms with Crippen molar-refractivity contribution in [2.45, 2.75) is 196 Å². The lowest BCUT2D eigenvalue weighted by atomic mass is 9.75. The van der Waals surface area contributed by atoms with Crippen molar-refractivity contribution in [1.29, 1.82) is 0 Å². The molecule has 0 aromatic heterocycles. The summed E-state index contributed by atoms with van der Waals surface area (Å²) in [5.74, 6) is -0.707. The summed E-state index contributed by atoms with van der Waals surface area (Å²) in [7, 11) is -1.53. The monoisotopic (exact) mass is 2080 g/mol. The largest absolute Gasteiger partial charge is 1.00 e. The van der Waals surface area contributed by atoms with Crippen LogP contribution in [-0.2, 0) is 58.5 Å². The molecule has 0 bridgehead atoms. The first-order valence-corrected chi connectivity index (χ1v) is 49.4. The number of halogens is 13. The van der Waals surface area contributed by atoms with E-state index in [4.69, 9.17) is 24.1 Å². The van der Waals surface area contributed by atoms with Crippen LogP contribution in [0.3, 0.4) is 0 Å². The van der Waals surface area contributed by atoms with Crippen molar-refractivity contribution < 1.29 is 128 Å². The molecule has 0 saturated heterocycles. The van der Waals surface area contributed by atoms with Gasteiger partial charge in [0, 0.05) is 131 Å². The highest BCUT2D eigenvalue weighted by Crippen LogP contribution is 2.54. The van der Waals surface area contributed by atoms with Gasteiger partial charge in [-0.15, -0.1) is 0 Å². The Morgan fingerprint density at radius 1 is 0.375 bits per heavy atom. The molecule has 4 amide bonds. The molecular formula is C114H122BrF12N4O12P. The number of aliphatic carboxylic acids is 1. The Labute approximate surface area is 844 Å². The van der Waals surface area contributed by atoms with E-state index in [0.29, 0.717) is 120 Å². The van der Waals surface area contributed by atoms with Crippen LogP contribution in [0.25, 0.3) is 50.6 Å². The number of aryl methyl sites for hydroxylation is 4. The number of amides is 4. The van der Waals surface area contributed by atoms with Gasteiger partial charge in [0.1, 0.15) is 52.5 Å². The summed E-state index contributed by atoms with van der Waals surface area (Å²) >= 11 is 0. The number of hydrogen-bond acceptors (Lipinski definition) is 11. The minimum atomic E-state index is -4.52.